The van der Waals surface area contributed by atoms with Gasteiger partial charge in [-0.25, -0.2) is 0 Å². The standard InChI is InChI=1S/Na.H2O4S.Ti.H/c;1-5(2,3)4;;/h;(H2,1,2,3,4);;. The third-order valence-corrected chi connectivity index (χ3v) is 0. The summed E-state index contributed by atoms with van der Waals surface area (Å²) in [7, 11) is -4.67. The van der Waals surface area contributed by atoms with E-state index in [9.17, 15) is 0 Å². The van der Waals surface area contributed by atoms with Crippen LogP contribution in [0.1, 0.15) is 0 Å². The maximum Gasteiger partial charge on any atom is 0 e. The van der Waals surface area contributed by atoms with Gasteiger partial charge in [-0.15, -0.1) is 0 Å². The van der Waals surface area contributed by atoms with Crippen LogP contribution in [0, 0.1) is 0 Å². The molecule has 0 aromatic carbocycles. The Hall–Kier alpha value is 1.58. The average Bonchev–Trinajstić information content (AvgIpc) is 0.722. The SMILES string of the molecule is O=S(=O)(O)O.[NaH].[Ti]. The molecule has 7 heteroatoms. The van der Waals surface area contributed by atoms with E-state index >= 15 is 0 Å². The Kier molecular flexibility index (Phi) is 12.9. The molecule has 0 aromatic heterocycles. The van der Waals surface area contributed by atoms with Crippen molar-refractivity contribution in [1.29, 1.82) is 0 Å². The molecule has 0 aliphatic heterocycles. The van der Waals surface area contributed by atoms with Gasteiger partial charge in [0.15, 0.2) is 0 Å². The van der Waals surface area contributed by atoms with Crippen LogP contribution < -0.4 is 0 Å². The van der Waals surface area contributed by atoms with E-state index in [1.54, 1.807) is 0 Å². The van der Waals surface area contributed by atoms with Gasteiger partial charge < -0.3 is 0 Å². The van der Waals surface area contributed by atoms with Gasteiger partial charge in [0.1, 0.15) is 0 Å². The zero-order valence-corrected chi connectivity index (χ0v) is 5.00. The van der Waals surface area contributed by atoms with Crippen LogP contribution in [0.2, 0.25) is 0 Å². The second-order valence-electron chi connectivity index (χ2n) is 0.448. The van der Waals surface area contributed by atoms with Crippen LogP contribution in [0.5, 0.6) is 0 Å². The fourth-order valence-corrected chi connectivity index (χ4v) is 0. The molecule has 0 saturated heterocycles. The molecule has 38 valence electrons. The van der Waals surface area contributed by atoms with E-state index < -0.39 is 10.4 Å². The Labute approximate surface area is 78.4 Å². The summed E-state index contributed by atoms with van der Waals surface area (Å²) in [6.07, 6.45) is 0. The Bertz CT molecular complexity index is 94.9. The van der Waals surface area contributed by atoms with E-state index in [4.69, 9.17) is 17.5 Å². The second-order valence-corrected chi connectivity index (χ2v) is 1.34. The predicted octanol–water partition coefficient (Wildman–Crippen LogP) is -1.30. The Balaban J connectivity index is -0.0000000800. The maximum absolute atomic E-state index is 8.74. The molecule has 0 atom stereocenters. The summed E-state index contributed by atoms with van der Waals surface area (Å²) in [4.78, 5) is 0. The molecule has 0 aliphatic carbocycles. The normalized spacial score (nSPS) is 8.29. The molecule has 0 unspecified atom stereocenters. The number of hydrogen-bond donors (Lipinski definition) is 2. The molecule has 0 bridgehead atoms. The summed E-state index contributed by atoms with van der Waals surface area (Å²) in [6, 6.07) is 0. The summed E-state index contributed by atoms with van der Waals surface area (Å²) in [5.74, 6) is 0. The molecule has 0 fully saturated rings. The summed E-state index contributed by atoms with van der Waals surface area (Å²) < 4.78 is 31.6. The van der Waals surface area contributed by atoms with Gasteiger partial charge in [-0.3, -0.25) is 9.11 Å². The molecule has 0 spiro atoms. The van der Waals surface area contributed by atoms with E-state index in [2.05, 4.69) is 0 Å². The van der Waals surface area contributed by atoms with Crippen LogP contribution in [-0.4, -0.2) is 47.1 Å². The molecule has 7 heavy (non-hydrogen) atoms. The zero-order valence-electron chi connectivity index (χ0n) is 2.62. The fraction of sp³-hybridized carbons (Fsp3) is 0. The number of rotatable bonds is 0. The van der Waals surface area contributed by atoms with Crippen molar-refractivity contribution in [2.45, 2.75) is 0 Å². The van der Waals surface area contributed by atoms with Crippen molar-refractivity contribution in [3.05, 3.63) is 0 Å². The van der Waals surface area contributed by atoms with E-state index in [0.717, 1.165) is 0 Å². The quantitative estimate of drug-likeness (QED) is 0.349. The van der Waals surface area contributed by atoms with Crippen molar-refractivity contribution in [2.75, 3.05) is 0 Å². The summed E-state index contributed by atoms with van der Waals surface area (Å²) >= 11 is 0. The van der Waals surface area contributed by atoms with Crippen molar-refractivity contribution in [3.8, 4) is 0 Å². The molecule has 0 heterocycles. The largest absolute Gasteiger partial charge is 0 e. The first-order chi connectivity index (χ1) is 2.00. The Morgan fingerprint density at radius 1 is 1.14 bits per heavy atom. The Morgan fingerprint density at radius 3 is 1.14 bits per heavy atom. The van der Waals surface area contributed by atoms with Gasteiger partial charge in [-0.1, -0.05) is 0 Å². The minimum Gasteiger partial charge on any atom is 0 e. The first-order valence-corrected chi connectivity index (χ1v) is 2.10. The zero-order chi connectivity index (χ0) is 4.50. The molecule has 0 rings (SSSR count). The van der Waals surface area contributed by atoms with Gasteiger partial charge in [0.2, 0.25) is 0 Å². The molecule has 0 saturated carbocycles. The molecular formula is H3NaO4STi. The topological polar surface area (TPSA) is 74.6 Å². The minimum atomic E-state index is -4.67. The van der Waals surface area contributed by atoms with Crippen LogP contribution in [0.4, 0.5) is 0 Å². The summed E-state index contributed by atoms with van der Waals surface area (Å²) in [5, 5.41) is 0. The van der Waals surface area contributed by atoms with Gasteiger partial charge in [0.05, 0.1) is 0 Å². The van der Waals surface area contributed by atoms with E-state index in [0.29, 0.717) is 0 Å². The van der Waals surface area contributed by atoms with Gasteiger partial charge >= 0.3 is 40.0 Å². The smallest absolute Gasteiger partial charge is 0 e. The minimum absolute atomic E-state index is 0. The van der Waals surface area contributed by atoms with Crippen LogP contribution >= 0.6 is 0 Å². The predicted molar refractivity (Wildman–Crippen MR) is 21.3 cm³/mol. The van der Waals surface area contributed by atoms with Crippen molar-refractivity contribution in [1.82, 2.24) is 0 Å². The molecule has 0 aromatic rings. The van der Waals surface area contributed by atoms with E-state index in [1.165, 1.54) is 0 Å². The summed E-state index contributed by atoms with van der Waals surface area (Å²) in [5.41, 5.74) is 0. The van der Waals surface area contributed by atoms with Crippen LogP contribution in [-0.2, 0) is 32.1 Å². The van der Waals surface area contributed by atoms with E-state index in [1.807, 2.05) is 0 Å². The molecule has 0 radical (unpaired) electrons. The van der Waals surface area contributed by atoms with Crippen molar-refractivity contribution >= 4 is 40.0 Å². The van der Waals surface area contributed by atoms with Crippen LogP contribution in [0.15, 0.2) is 0 Å². The third-order valence-electron chi connectivity index (χ3n) is 0. The number of hydrogen-bond acceptors (Lipinski definition) is 2. The van der Waals surface area contributed by atoms with Crippen LogP contribution in [0.3, 0.4) is 0 Å². The van der Waals surface area contributed by atoms with Gasteiger partial charge in [0.25, 0.3) is 0 Å². The molecule has 0 amide bonds. The molecule has 0 aliphatic rings. The van der Waals surface area contributed by atoms with Gasteiger partial charge in [0, 0.05) is 21.7 Å². The average molecular weight is 170 g/mol. The van der Waals surface area contributed by atoms with Crippen molar-refractivity contribution < 1.29 is 39.2 Å². The Morgan fingerprint density at radius 2 is 1.14 bits per heavy atom. The fourth-order valence-electron chi connectivity index (χ4n) is 0. The summed E-state index contributed by atoms with van der Waals surface area (Å²) in [6.45, 7) is 0. The first-order valence-electron chi connectivity index (χ1n) is 0.698. The van der Waals surface area contributed by atoms with Gasteiger partial charge in [-0.05, 0) is 0 Å². The molecular weight excluding hydrogens is 167 g/mol. The molecule has 2 N–H and O–H groups in total. The monoisotopic (exact) mass is 170 g/mol. The molecule has 4 nitrogen and oxygen atoms in total. The third kappa shape index (κ3) is 94.2. The van der Waals surface area contributed by atoms with Crippen molar-refractivity contribution in [2.24, 2.45) is 0 Å². The van der Waals surface area contributed by atoms with E-state index in [-0.39, 0.29) is 51.3 Å². The second kappa shape index (κ2) is 5.72. The first kappa shape index (κ1) is 15.8. The van der Waals surface area contributed by atoms with Crippen molar-refractivity contribution in [3.63, 3.8) is 0 Å². The van der Waals surface area contributed by atoms with Crippen LogP contribution in [0.25, 0.3) is 0 Å². The maximum atomic E-state index is 8.74. The van der Waals surface area contributed by atoms with Gasteiger partial charge in [-0.2, -0.15) is 8.42 Å².